The second-order valence-electron chi connectivity index (χ2n) is 18.3. The zero-order valence-electron chi connectivity index (χ0n) is 38.0. The van der Waals surface area contributed by atoms with Crippen LogP contribution in [0.1, 0.15) is 63.0 Å². The van der Waals surface area contributed by atoms with Crippen molar-refractivity contribution < 1.29 is 0 Å². The summed E-state index contributed by atoms with van der Waals surface area (Å²) < 4.78 is 0. The minimum atomic E-state index is -1.77. The third-order valence-corrected chi connectivity index (χ3v) is 21.2. The SMILES string of the molecule is CC1C=C(C2=NC(C3CC(C)C=C([Si](C4=CC=CCC4)c4ccccc4)[C@H]3c3ccccc3)N(C)C(c3cccc(S(c4ccccc4)(c4ccccc4)C4C=CC=CC4)c3)=N2)C=CC1. The molecule has 325 valence electrons. The van der Waals surface area contributed by atoms with Crippen LogP contribution >= 0.6 is 10.0 Å². The molecular weight excluding hydrogens is 823 g/mol. The van der Waals surface area contributed by atoms with Crippen molar-refractivity contribution in [2.45, 2.75) is 78.0 Å². The second-order valence-corrected chi connectivity index (χ2v) is 24.2. The van der Waals surface area contributed by atoms with Gasteiger partial charge in [0.05, 0.1) is 0 Å². The highest BCUT2D eigenvalue weighted by molar-refractivity contribution is 8.34. The van der Waals surface area contributed by atoms with E-state index in [4.69, 9.17) is 9.98 Å². The summed E-state index contributed by atoms with van der Waals surface area (Å²) in [5.74, 6) is 3.05. The molecule has 1 heterocycles. The molecule has 0 spiro atoms. The first-order chi connectivity index (χ1) is 32.0. The summed E-state index contributed by atoms with van der Waals surface area (Å²) in [5, 5.41) is 4.96. The van der Waals surface area contributed by atoms with Gasteiger partial charge in [0.1, 0.15) is 20.8 Å². The number of allylic oxidation sites excluding steroid dienone is 11. The zero-order chi connectivity index (χ0) is 44.2. The third-order valence-electron chi connectivity index (χ3n) is 13.9. The van der Waals surface area contributed by atoms with Crippen LogP contribution in [0.2, 0.25) is 0 Å². The van der Waals surface area contributed by atoms with Crippen LogP contribution in [0.3, 0.4) is 0 Å². The number of rotatable bonds is 11. The van der Waals surface area contributed by atoms with Gasteiger partial charge >= 0.3 is 0 Å². The van der Waals surface area contributed by atoms with Crippen molar-refractivity contribution in [2.75, 3.05) is 7.05 Å². The minimum Gasteiger partial charge on any atom is -0.337 e. The van der Waals surface area contributed by atoms with Crippen LogP contribution in [0.5, 0.6) is 0 Å². The summed E-state index contributed by atoms with van der Waals surface area (Å²) >= 11 is 0. The van der Waals surface area contributed by atoms with Crippen molar-refractivity contribution in [2.24, 2.45) is 27.7 Å². The Bertz CT molecular complexity index is 2720. The lowest BCUT2D eigenvalue weighted by Gasteiger charge is -2.47. The van der Waals surface area contributed by atoms with Crippen LogP contribution in [0.4, 0.5) is 0 Å². The molecule has 5 aliphatic rings. The first-order valence-corrected chi connectivity index (χ1v) is 26.9. The van der Waals surface area contributed by atoms with Crippen LogP contribution in [0.25, 0.3) is 0 Å². The van der Waals surface area contributed by atoms with Crippen LogP contribution < -0.4 is 5.19 Å². The van der Waals surface area contributed by atoms with E-state index >= 15 is 0 Å². The average molecular weight is 883 g/mol. The van der Waals surface area contributed by atoms with Gasteiger partial charge in [-0.05, 0) is 101 Å². The number of amidine groups is 2. The van der Waals surface area contributed by atoms with Gasteiger partial charge in [-0.25, -0.2) is 9.98 Å². The fourth-order valence-electron chi connectivity index (χ4n) is 11.0. The van der Waals surface area contributed by atoms with E-state index < -0.39 is 18.8 Å². The Morgan fingerprint density at radius 1 is 0.662 bits per heavy atom. The zero-order valence-corrected chi connectivity index (χ0v) is 39.8. The maximum absolute atomic E-state index is 5.83. The first-order valence-electron chi connectivity index (χ1n) is 23.7. The number of hydrogen-bond acceptors (Lipinski definition) is 3. The van der Waals surface area contributed by atoms with E-state index in [1.54, 1.807) is 10.4 Å². The van der Waals surface area contributed by atoms with Gasteiger partial charge in [0, 0.05) is 35.3 Å². The molecule has 3 nitrogen and oxygen atoms in total. The van der Waals surface area contributed by atoms with E-state index in [9.17, 15) is 0 Å². The van der Waals surface area contributed by atoms with Crippen molar-refractivity contribution >= 4 is 35.7 Å². The average Bonchev–Trinajstić information content (AvgIpc) is 3.36. The summed E-state index contributed by atoms with van der Waals surface area (Å²) in [4.78, 5) is 18.0. The monoisotopic (exact) mass is 882 g/mol. The van der Waals surface area contributed by atoms with E-state index in [1.807, 2.05) is 0 Å². The van der Waals surface area contributed by atoms with E-state index in [0.29, 0.717) is 17.1 Å². The highest BCUT2D eigenvalue weighted by Crippen LogP contribution is 2.72. The van der Waals surface area contributed by atoms with Crippen molar-refractivity contribution in [3.05, 3.63) is 240 Å². The minimum absolute atomic E-state index is 0.143. The van der Waals surface area contributed by atoms with Crippen LogP contribution in [-0.2, 0) is 0 Å². The normalized spacial score (nSPS) is 24.5. The largest absolute Gasteiger partial charge is 0.337 e. The van der Waals surface area contributed by atoms with Gasteiger partial charge in [-0.3, -0.25) is 0 Å². The van der Waals surface area contributed by atoms with Crippen molar-refractivity contribution in [1.29, 1.82) is 0 Å². The molecule has 6 atom stereocenters. The highest BCUT2D eigenvalue weighted by Gasteiger charge is 2.45. The van der Waals surface area contributed by atoms with Crippen molar-refractivity contribution in [3.63, 3.8) is 0 Å². The summed E-state index contributed by atoms with van der Waals surface area (Å²) in [5.41, 5.74) is 3.66. The van der Waals surface area contributed by atoms with Gasteiger partial charge in [-0.1, -0.05) is 205 Å². The molecule has 10 rings (SSSR count). The quantitative estimate of drug-likeness (QED) is 0.121. The molecule has 0 fully saturated rings. The van der Waals surface area contributed by atoms with Gasteiger partial charge in [0.15, 0.2) is 5.84 Å². The topological polar surface area (TPSA) is 28.0 Å². The molecule has 0 aromatic heterocycles. The Morgan fingerprint density at radius 3 is 2.02 bits per heavy atom. The number of benzene rings is 5. The maximum Gasteiger partial charge on any atom is 0.158 e. The fourth-order valence-corrected chi connectivity index (χ4v) is 18.8. The predicted octanol–water partition coefficient (Wildman–Crippen LogP) is 13.9. The van der Waals surface area contributed by atoms with E-state index in [2.05, 4.69) is 238 Å². The van der Waals surface area contributed by atoms with E-state index in [-0.39, 0.29) is 18.0 Å². The lowest BCUT2D eigenvalue weighted by molar-refractivity contribution is 0.210. The summed E-state index contributed by atoms with van der Waals surface area (Å²) in [7, 11) is -0.785. The van der Waals surface area contributed by atoms with Gasteiger partial charge in [0.2, 0.25) is 0 Å². The predicted molar refractivity (Wildman–Crippen MR) is 278 cm³/mol. The van der Waals surface area contributed by atoms with Gasteiger partial charge < -0.3 is 4.90 Å². The smallest absolute Gasteiger partial charge is 0.158 e. The maximum atomic E-state index is 5.83. The van der Waals surface area contributed by atoms with Crippen LogP contribution in [0, 0.1) is 17.8 Å². The number of aliphatic imine (C=N–C) groups is 2. The van der Waals surface area contributed by atoms with Crippen molar-refractivity contribution in [3.8, 4) is 0 Å². The lowest BCUT2D eigenvalue weighted by Crippen LogP contribution is -2.50. The summed E-state index contributed by atoms with van der Waals surface area (Å²) in [6.07, 6.45) is 31.1. The molecule has 0 saturated heterocycles. The van der Waals surface area contributed by atoms with Gasteiger partial charge in [-0.15, -0.1) is 0 Å². The molecule has 0 N–H and O–H groups in total. The molecular formula is C60H60N3SSi. The molecule has 0 bridgehead atoms. The van der Waals surface area contributed by atoms with E-state index in [1.165, 1.54) is 25.4 Å². The highest BCUT2D eigenvalue weighted by atomic mass is 32.3. The molecule has 0 amide bonds. The number of nitrogens with zero attached hydrogens (tertiary/aromatic N) is 3. The van der Waals surface area contributed by atoms with Gasteiger partial charge in [0.25, 0.3) is 0 Å². The molecule has 0 saturated carbocycles. The Hall–Kier alpha value is -6.01. The van der Waals surface area contributed by atoms with Crippen molar-refractivity contribution in [1.82, 2.24) is 4.90 Å². The molecule has 4 aliphatic carbocycles. The van der Waals surface area contributed by atoms with Crippen LogP contribution in [-0.4, -0.2) is 43.8 Å². The van der Waals surface area contributed by atoms with E-state index in [0.717, 1.165) is 54.9 Å². The Balaban J connectivity index is 1.14. The molecule has 5 unspecified atom stereocenters. The Kier molecular flexibility index (Phi) is 12.7. The molecule has 5 aromatic rings. The molecule has 5 aromatic carbocycles. The third kappa shape index (κ3) is 8.53. The Labute approximate surface area is 390 Å². The molecule has 65 heavy (non-hydrogen) atoms. The summed E-state index contributed by atoms with van der Waals surface area (Å²) in [6, 6.07) is 54.9. The number of hydrogen-bond donors (Lipinski definition) is 0. The lowest BCUT2D eigenvalue weighted by atomic mass is 9.73. The van der Waals surface area contributed by atoms with Crippen LogP contribution in [0.15, 0.2) is 253 Å². The molecule has 5 heteroatoms. The summed E-state index contributed by atoms with van der Waals surface area (Å²) in [6.45, 7) is 4.75. The standard InChI is InChI=1S/C60H60N3SSi/c1-44-24-22-27-47(40-44)58-61-59(48-28-23-35-52(43-48)64(49-29-12-5-13-30-49,50-31-14-6-15-32-50)51-33-16-7-17-34-51)63(3)60(62-58)55-41-45(2)42-56(57(55)46-25-10-4-11-26-46)65(53-36-18-8-19-37-53)54-38-20-9-21-39-54/h4-20,22-23,25-33,35-38,40,42-45,51,55,57,60H,21,24,34,39,41H2,1-3H3/t44?,45?,51?,55?,57-,60?/m0/s1. The fraction of sp³-hybridized carbons (Fsp3) is 0.233. The molecule has 1 radical (unpaired) electrons. The Morgan fingerprint density at radius 2 is 1.35 bits per heavy atom. The van der Waals surface area contributed by atoms with Gasteiger partial charge in [-0.2, -0.15) is 10.0 Å². The second kappa shape index (κ2) is 19.2. The molecule has 1 aliphatic heterocycles. The first kappa shape index (κ1) is 42.9.